The lowest BCUT2D eigenvalue weighted by Gasteiger charge is -2.26. The highest BCUT2D eigenvalue weighted by Crippen LogP contribution is 2.44. The molecule has 1 fully saturated rings. The van der Waals surface area contributed by atoms with Gasteiger partial charge in [-0.2, -0.15) is 13.2 Å². The average Bonchev–Trinajstić information content (AvgIpc) is 3.05. The molecule has 0 radical (unpaired) electrons. The summed E-state index contributed by atoms with van der Waals surface area (Å²) in [6.07, 6.45) is -4.78. The molecule has 2 unspecified atom stereocenters. The Balaban J connectivity index is 2.28. The number of carboxylic acids is 1. The zero-order valence-corrected chi connectivity index (χ0v) is 12.3. The molecule has 0 spiro atoms. The third kappa shape index (κ3) is 3.24. The number of nitrogens with one attached hydrogen (secondary N) is 1. The van der Waals surface area contributed by atoms with Crippen molar-refractivity contribution in [2.24, 2.45) is 11.3 Å². The van der Waals surface area contributed by atoms with Crippen LogP contribution in [0.5, 0.6) is 0 Å². The van der Waals surface area contributed by atoms with Gasteiger partial charge in [-0.25, -0.2) is 4.39 Å². The molecule has 1 heterocycles. The molecule has 3 nitrogen and oxygen atoms in total. The Morgan fingerprint density at radius 2 is 1.86 bits per heavy atom. The molecule has 1 saturated heterocycles. The number of hydrogen-bond acceptors (Lipinski definition) is 2. The lowest BCUT2D eigenvalue weighted by atomic mass is 9.77. The summed E-state index contributed by atoms with van der Waals surface area (Å²) >= 11 is 0. The van der Waals surface area contributed by atoms with E-state index in [2.05, 4.69) is 5.32 Å². The summed E-state index contributed by atoms with van der Waals surface area (Å²) in [5.74, 6) is -3.10. The highest BCUT2D eigenvalue weighted by Gasteiger charge is 2.51. The number of carboxylic acid groups (broad SMARTS) is 1. The van der Waals surface area contributed by atoms with Crippen molar-refractivity contribution in [3.63, 3.8) is 0 Å². The minimum absolute atomic E-state index is 0.245. The summed E-state index contributed by atoms with van der Waals surface area (Å²) in [6.45, 7) is 5.28. The van der Waals surface area contributed by atoms with E-state index in [1.807, 2.05) is 0 Å². The monoisotopic (exact) mass is 319 g/mol. The summed E-state index contributed by atoms with van der Waals surface area (Å²) in [7, 11) is 0. The Bertz CT molecular complexity index is 592. The zero-order valence-electron chi connectivity index (χ0n) is 12.3. The minimum Gasteiger partial charge on any atom is -0.481 e. The molecule has 2 N–H and O–H groups in total. The van der Waals surface area contributed by atoms with Crippen molar-refractivity contribution in [1.29, 1.82) is 0 Å². The molecule has 1 aliphatic heterocycles. The molecule has 0 saturated carbocycles. The molecule has 22 heavy (non-hydrogen) atoms. The Kier molecular flexibility index (Phi) is 3.97. The van der Waals surface area contributed by atoms with Crippen LogP contribution in [-0.4, -0.2) is 17.1 Å². The van der Waals surface area contributed by atoms with Crippen LogP contribution in [0.3, 0.4) is 0 Å². The Hall–Kier alpha value is -1.63. The van der Waals surface area contributed by atoms with Gasteiger partial charge in [0.1, 0.15) is 5.82 Å². The largest absolute Gasteiger partial charge is 0.481 e. The van der Waals surface area contributed by atoms with Crippen LogP contribution in [0.4, 0.5) is 17.6 Å². The maximum absolute atomic E-state index is 13.3. The fraction of sp³-hybridized carbons (Fsp3) is 0.533. The van der Waals surface area contributed by atoms with Gasteiger partial charge < -0.3 is 10.4 Å². The van der Waals surface area contributed by atoms with Gasteiger partial charge in [-0.05, 0) is 23.1 Å². The number of benzene rings is 1. The molecular formula is C15H17F4NO2. The van der Waals surface area contributed by atoms with E-state index in [9.17, 15) is 27.5 Å². The van der Waals surface area contributed by atoms with E-state index in [4.69, 9.17) is 0 Å². The molecule has 2 rings (SSSR count). The minimum atomic E-state index is -4.78. The van der Waals surface area contributed by atoms with Gasteiger partial charge >= 0.3 is 12.1 Å². The van der Waals surface area contributed by atoms with E-state index in [0.717, 1.165) is 12.1 Å². The molecule has 3 atom stereocenters. The molecule has 0 amide bonds. The van der Waals surface area contributed by atoms with Crippen molar-refractivity contribution < 1.29 is 27.5 Å². The molecule has 0 aliphatic carbocycles. The van der Waals surface area contributed by atoms with E-state index in [0.29, 0.717) is 0 Å². The van der Waals surface area contributed by atoms with Crippen molar-refractivity contribution >= 4 is 5.97 Å². The Labute approximate surface area is 125 Å². The van der Waals surface area contributed by atoms with Crippen LogP contribution in [0.1, 0.15) is 37.9 Å². The molecular weight excluding hydrogens is 302 g/mol. The standard InChI is InChI=1S/C15H17F4NO2/c1-14(2,3)10(13(21)22)12-11(20-12)7-4-5-9(16)8(6-7)15(17,18)19/h4-6,10-12,20H,1-3H3,(H,21,22)/t10-,11?,12?/m1/s1. The van der Waals surface area contributed by atoms with Crippen LogP contribution in [0.15, 0.2) is 18.2 Å². The first-order valence-electron chi connectivity index (χ1n) is 6.78. The molecule has 0 aromatic heterocycles. The van der Waals surface area contributed by atoms with Gasteiger partial charge in [0.2, 0.25) is 0 Å². The second kappa shape index (κ2) is 5.22. The summed E-state index contributed by atoms with van der Waals surface area (Å²) in [5, 5.41) is 12.2. The van der Waals surface area contributed by atoms with Gasteiger partial charge in [0.15, 0.2) is 0 Å². The van der Waals surface area contributed by atoms with Crippen LogP contribution in [0, 0.1) is 17.2 Å². The summed E-state index contributed by atoms with van der Waals surface area (Å²) in [5.41, 5.74) is -1.64. The number of halogens is 4. The highest BCUT2D eigenvalue weighted by molar-refractivity contribution is 5.73. The maximum atomic E-state index is 13.3. The predicted molar refractivity (Wildman–Crippen MR) is 71.6 cm³/mol. The smallest absolute Gasteiger partial charge is 0.419 e. The summed E-state index contributed by atoms with van der Waals surface area (Å²) in [6, 6.07) is 1.78. The first-order chi connectivity index (χ1) is 9.93. The number of aliphatic carboxylic acids is 1. The normalized spacial score (nSPS) is 23.2. The van der Waals surface area contributed by atoms with Crippen molar-refractivity contribution in [2.75, 3.05) is 0 Å². The number of hydrogen-bond donors (Lipinski definition) is 2. The van der Waals surface area contributed by atoms with Crippen molar-refractivity contribution in [3.8, 4) is 0 Å². The van der Waals surface area contributed by atoms with Gasteiger partial charge in [0, 0.05) is 12.1 Å². The zero-order chi connectivity index (χ0) is 16.9. The predicted octanol–water partition coefficient (Wildman–Crippen LogP) is 3.60. The van der Waals surface area contributed by atoms with Gasteiger partial charge in [-0.3, -0.25) is 4.79 Å². The van der Waals surface area contributed by atoms with Crippen molar-refractivity contribution in [1.82, 2.24) is 5.32 Å². The summed E-state index contributed by atoms with van der Waals surface area (Å²) < 4.78 is 51.5. The first-order valence-corrected chi connectivity index (χ1v) is 6.78. The highest BCUT2D eigenvalue weighted by atomic mass is 19.4. The maximum Gasteiger partial charge on any atom is 0.419 e. The Morgan fingerprint density at radius 3 is 2.32 bits per heavy atom. The van der Waals surface area contributed by atoms with Gasteiger partial charge in [0.05, 0.1) is 11.5 Å². The van der Waals surface area contributed by atoms with Crippen LogP contribution < -0.4 is 5.32 Å². The molecule has 1 aliphatic rings. The second-order valence-corrected chi connectivity index (χ2v) is 6.59. The van der Waals surface area contributed by atoms with Gasteiger partial charge in [-0.1, -0.05) is 26.8 Å². The molecule has 122 valence electrons. The second-order valence-electron chi connectivity index (χ2n) is 6.59. The van der Waals surface area contributed by atoms with Crippen LogP contribution in [0.25, 0.3) is 0 Å². The van der Waals surface area contributed by atoms with Gasteiger partial charge in [-0.15, -0.1) is 0 Å². The topological polar surface area (TPSA) is 59.2 Å². The lowest BCUT2D eigenvalue weighted by Crippen LogP contribution is -2.34. The van der Waals surface area contributed by atoms with Crippen LogP contribution in [0.2, 0.25) is 0 Å². The quantitative estimate of drug-likeness (QED) is 0.661. The number of rotatable bonds is 3. The third-order valence-corrected chi connectivity index (χ3v) is 3.84. The van der Waals surface area contributed by atoms with Crippen LogP contribution in [-0.2, 0) is 11.0 Å². The molecule has 7 heteroatoms. The molecule has 0 bridgehead atoms. The van der Waals surface area contributed by atoms with Gasteiger partial charge in [0.25, 0.3) is 0 Å². The third-order valence-electron chi connectivity index (χ3n) is 3.84. The van der Waals surface area contributed by atoms with E-state index in [1.54, 1.807) is 20.8 Å². The summed E-state index contributed by atoms with van der Waals surface area (Å²) in [4.78, 5) is 11.4. The Morgan fingerprint density at radius 1 is 1.27 bits per heavy atom. The van der Waals surface area contributed by atoms with Crippen molar-refractivity contribution in [2.45, 2.75) is 39.0 Å². The van der Waals surface area contributed by atoms with E-state index < -0.39 is 46.9 Å². The van der Waals surface area contributed by atoms with E-state index in [1.165, 1.54) is 6.07 Å². The van der Waals surface area contributed by atoms with E-state index >= 15 is 0 Å². The fourth-order valence-corrected chi connectivity index (χ4v) is 2.76. The SMILES string of the molecule is CC(C)(C)[C@@H](C(=O)O)C1NC1c1ccc(F)c(C(F)(F)F)c1. The number of carbonyl (C=O) groups is 1. The van der Waals surface area contributed by atoms with E-state index in [-0.39, 0.29) is 5.56 Å². The average molecular weight is 319 g/mol. The molecule has 1 aromatic carbocycles. The van der Waals surface area contributed by atoms with Crippen molar-refractivity contribution in [3.05, 3.63) is 35.1 Å². The number of alkyl halides is 3. The van der Waals surface area contributed by atoms with Crippen LogP contribution >= 0.6 is 0 Å². The molecule has 1 aromatic rings. The lowest BCUT2D eigenvalue weighted by molar-refractivity contribution is -0.145. The first kappa shape index (κ1) is 16.7. The fourth-order valence-electron chi connectivity index (χ4n) is 2.76.